The molecule has 1 amide bonds. The number of hydrogen-bond donors (Lipinski definition) is 2. The van der Waals surface area contributed by atoms with Crippen LogP contribution in [0.1, 0.15) is 23.2 Å². The number of methoxy groups -OCH3 is 2. The van der Waals surface area contributed by atoms with Crippen LogP contribution in [0.5, 0.6) is 11.8 Å². The van der Waals surface area contributed by atoms with Gasteiger partial charge in [-0.05, 0) is 44.8 Å². The Bertz CT molecular complexity index is 684. The maximum Gasteiger partial charge on any atom is 0.290 e. The lowest BCUT2D eigenvalue weighted by Crippen LogP contribution is -2.46. The summed E-state index contributed by atoms with van der Waals surface area (Å²) < 4.78 is 10.4. The van der Waals surface area contributed by atoms with Gasteiger partial charge in [0.2, 0.25) is 11.8 Å². The monoisotopic (exact) mass is 395 g/mol. The third-order valence-corrected chi connectivity index (χ3v) is 5.53. The molecule has 0 unspecified atom stereocenters. The van der Waals surface area contributed by atoms with E-state index in [4.69, 9.17) is 19.4 Å². The van der Waals surface area contributed by atoms with Crippen LogP contribution in [-0.4, -0.2) is 90.9 Å². The standard InChI is InChI=1S/C18H27N3O4.CH2O2/c1-20(2)14-7-11-9-21(10-12(11)8-15(14)22)18(23)13-5-6-16(24-3)19-17(13)25-4;2-1-3/h5-6,11-12,14-15,22H,7-10H2,1-4H3;1H,(H,2,3)/t11-,12+,14-,15-;/m1./s1. The van der Waals surface area contributed by atoms with Gasteiger partial charge in [0.15, 0.2) is 0 Å². The molecule has 1 aliphatic carbocycles. The lowest BCUT2D eigenvalue weighted by atomic mass is 9.77. The number of rotatable bonds is 4. The SMILES string of the molecule is COc1ccc(C(=O)N2C[C@H]3C[C@@H](N(C)C)[C@H](O)C[C@H]3C2)c(OC)n1.O=CO. The second kappa shape index (κ2) is 9.70. The zero-order valence-corrected chi connectivity index (χ0v) is 16.7. The van der Waals surface area contributed by atoms with E-state index >= 15 is 0 Å². The number of fused-ring (bicyclic) bond motifs is 1. The number of pyridine rings is 1. The summed E-state index contributed by atoms with van der Waals surface area (Å²) in [5.74, 6) is 1.41. The molecular formula is C19H29N3O6. The number of aliphatic hydroxyl groups is 1. The minimum Gasteiger partial charge on any atom is -0.483 e. The molecule has 2 N–H and O–H groups in total. The second-order valence-electron chi connectivity index (χ2n) is 7.32. The van der Waals surface area contributed by atoms with E-state index in [1.54, 1.807) is 12.1 Å². The third kappa shape index (κ3) is 4.71. The van der Waals surface area contributed by atoms with Gasteiger partial charge >= 0.3 is 0 Å². The number of aromatic nitrogens is 1. The number of nitrogens with zero attached hydrogens (tertiary/aromatic N) is 3. The van der Waals surface area contributed by atoms with Crippen LogP contribution in [-0.2, 0) is 4.79 Å². The van der Waals surface area contributed by atoms with Crippen molar-refractivity contribution in [2.75, 3.05) is 41.4 Å². The molecule has 1 aromatic rings. The Morgan fingerprint density at radius 2 is 1.82 bits per heavy atom. The highest BCUT2D eigenvalue weighted by Gasteiger charge is 2.44. The molecule has 1 saturated heterocycles. The molecule has 0 radical (unpaired) electrons. The molecule has 0 spiro atoms. The molecule has 1 aromatic heterocycles. The minimum absolute atomic E-state index is 0.0719. The van der Waals surface area contributed by atoms with Crippen LogP contribution in [0.15, 0.2) is 12.1 Å². The van der Waals surface area contributed by atoms with Gasteiger partial charge in [0.25, 0.3) is 12.4 Å². The fourth-order valence-electron chi connectivity index (χ4n) is 4.15. The van der Waals surface area contributed by atoms with Crippen molar-refractivity contribution in [3.63, 3.8) is 0 Å². The van der Waals surface area contributed by atoms with E-state index in [0.717, 1.165) is 19.4 Å². The van der Waals surface area contributed by atoms with Crippen LogP contribution in [0.3, 0.4) is 0 Å². The van der Waals surface area contributed by atoms with Crippen LogP contribution in [0, 0.1) is 11.8 Å². The van der Waals surface area contributed by atoms with Crippen LogP contribution in [0.4, 0.5) is 0 Å². The number of carboxylic acid groups (broad SMARTS) is 1. The number of carbonyl (C=O) groups excluding carboxylic acids is 1. The van der Waals surface area contributed by atoms with Gasteiger partial charge in [-0.3, -0.25) is 9.59 Å². The van der Waals surface area contributed by atoms with E-state index in [1.807, 2.05) is 19.0 Å². The van der Waals surface area contributed by atoms with Gasteiger partial charge in [0.05, 0.1) is 20.3 Å². The molecular weight excluding hydrogens is 366 g/mol. The van der Waals surface area contributed by atoms with E-state index in [2.05, 4.69) is 9.88 Å². The second-order valence-corrected chi connectivity index (χ2v) is 7.32. The van der Waals surface area contributed by atoms with Crippen molar-refractivity contribution in [3.8, 4) is 11.8 Å². The fourth-order valence-corrected chi connectivity index (χ4v) is 4.15. The first-order valence-electron chi connectivity index (χ1n) is 9.16. The molecule has 0 bridgehead atoms. The van der Waals surface area contributed by atoms with Crippen LogP contribution in [0.2, 0.25) is 0 Å². The first-order valence-corrected chi connectivity index (χ1v) is 9.16. The number of likely N-dealkylation sites (tertiary alicyclic amines) is 1. The van der Waals surface area contributed by atoms with Crippen molar-refractivity contribution < 1.29 is 29.3 Å². The zero-order chi connectivity index (χ0) is 20.8. The molecule has 28 heavy (non-hydrogen) atoms. The quantitative estimate of drug-likeness (QED) is 0.712. The maximum absolute atomic E-state index is 13.0. The number of amides is 1. The number of carbonyl (C=O) groups is 2. The van der Waals surface area contributed by atoms with Gasteiger partial charge in [0.1, 0.15) is 5.56 Å². The average Bonchev–Trinajstić information content (AvgIpc) is 3.09. The molecule has 3 rings (SSSR count). The average molecular weight is 395 g/mol. The van der Waals surface area contributed by atoms with Crippen molar-refractivity contribution in [3.05, 3.63) is 17.7 Å². The summed E-state index contributed by atoms with van der Waals surface area (Å²) in [4.78, 5) is 29.5. The summed E-state index contributed by atoms with van der Waals surface area (Å²) in [6, 6.07) is 3.53. The predicted octanol–water partition coefficient (Wildman–Crippen LogP) is 0.573. The molecule has 2 fully saturated rings. The molecule has 9 heteroatoms. The first kappa shape index (κ1) is 21.9. The smallest absolute Gasteiger partial charge is 0.290 e. The highest BCUT2D eigenvalue weighted by molar-refractivity contribution is 5.96. The number of ether oxygens (including phenoxy) is 2. The molecule has 9 nitrogen and oxygen atoms in total. The molecule has 2 heterocycles. The van der Waals surface area contributed by atoms with Crippen molar-refractivity contribution in [1.82, 2.24) is 14.8 Å². The Kier molecular flexibility index (Phi) is 7.59. The summed E-state index contributed by atoms with van der Waals surface area (Å²) in [6.45, 7) is 1.14. The predicted molar refractivity (Wildman–Crippen MR) is 102 cm³/mol. The van der Waals surface area contributed by atoms with Crippen LogP contribution >= 0.6 is 0 Å². The van der Waals surface area contributed by atoms with Gasteiger partial charge in [-0.1, -0.05) is 0 Å². The summed E-state index contributed by atoms with van der Waals surface area (Å²) in [6.07, 6.45) is 1.33. The van der Waals surface area contributed by atoms with Gasteiger partial charge < -0.3 is 29.5 Å². The molecule has 156 valence electrons. The topological polar surface area (TPSA) is 112 Å². The van der Waals surface area contributed by atoms with Gasteiger partial charge in [-0.2, -0.15) is 4.98 Å². The van der Waals surface area contributed by atoms with Crippen molar-refractivity contribution >= 4 is 12.4 Å². The van der Waals surface area contributed by atoms with Crippen molar-refractivity contribution in [1.29, 1.82) is 0 Å². The number of aliphatic hydroxyl groups excluding tert-OH is 1. The highest BCUT2D eigenvalue weighted by Crippen LogP contribution is 2.38. The Morgan fingerprint density at radius 3 is 2.36 bits per heavy atom. The summed E-state index contributed by atoms with van der Waals surface area (Å²) in [5.41, 5.74) is 0.451. The normalized spacial score (nSPS) is 26.1. The summed E-state index contributed by atoms with van der Waals surface area (Å²) in [7, 11) is 7.03. The van der Waals surface area contributed by atoms with E-state index in [0.29, 0.717) is 29.8 Å². The maximum atomic E-state index is 13.0. The van der Waals surface area contributed by atoms with Gasteiger partial charge in [0, 0.05) is 25.2 Å². The van der Waals surface area contributed by atoms with E-state index in [-0.39, 0.29) is 30.4 Å². The Hall–Kier alpha value is -2.39. The Morgan fingerprint density at radius 1 is 1.21 bits per heavy atom. The van der Waals surface area contributed by atoms with Crippen LogP contribution < -0.4 is 9.47 Å². The van der Waals surface area contributed by atoms with E-state index in [9.17, 15) is 9.90 Å². The van der Waals surface area contributed by atoms with Crippen LogP contribution in [0.25, 0.3) is 0 Å². The molecule has 0 aromatic carbocycles. The molecule has 1 saturated carbocycles. The number of likely N-dealkylation sites (N-methyl/N-ethyl adjacent to an activating group) is 1. The largest absolute Gasteiger partial charge is 0.483 e. The van der Waals surface area contributed by atoms with E-state index < -0.39 is 0 Å². The Balaban J connectivity index is 0.000000878. The highest BCUT2D eigenvalue weighted by atomic mass is 16.5. The number of hydrogen-bond acceptors (Lipinski definition) is 7. The molecule has 2 aliphatic rings. The Labute approximate surface area is 164 Å². The lowest BCUT2D eigenvalue weighted by Gasteiger charge is -2.38. The van der Waals surface area contributed by atoms with Crippen molar-refractivity contribution in [2.24, 2.45) is 11.8 Å². The molecule has 1 aliphatic heterocycles. The van der Waals surface area contributed by atoms with E-state index in [1.165, 1.54) is 14.2 Å². The van der Waals surface area contributed by atoms with Crippen molar-refractivity contribution in [2.45, 2.75) is 25.0 Å². The summed E-state index contributed by atoms with van der Waals surface area (Å²) >= 11 is 0. The van der Waals surface area contributed by atoms with Gasteiger partial charge in [-0.15, -0.1) is 0 Å². The fraction of sp³-hybridized carbons (Fsp3) is 0.632. The van der Waals surface area contributed by atoms with Gasteiger partial charge in [-0.25, -0.2) is 0 Å². The lowest BCUT2D eigenvalue weighted by molar-refractivity contribution is -0.122. The zero-order valence-electron chi connectivity index (χ0n) is 16.7. The third-order valence-electron chi connectivity index (χ3n) is 5.53. The summed E-state index contributed by atoms with van der Waals surface area (Å²) in [5, 5.41) is 17.3. The molecule has 4 atom stereocenters. The minimum atomic E-state index is -0.330. The first-order chi connectivity index (χ1) is 13.4.